The highest BCUT2D eigenvalue weighted by Gasteiger charge is 2.57. The molecule has 19 heavy (non-hydrogen) atoms. The topological polar surface area (TPSA) is 27.7 Å². The third-order valence-corrected chi connectivity index (χ3v) is 10.4. The molecule has 2 unspecified atom stereocenters. The minimum absolute atomic E-state index is 0.0257. The van der Waals surface area contributed by atoms with E-state index in [9.17, 15) is 0 Å². The Morgan fingerprint density at radius 3 is 2.21 bits per heavy atom. The lowest BCUT2D eigenvalue weighted by molar-refractivity contribution is -0.167. The summed E-state index contributed by atoms with van der Waals surface area (Å²) in [5.41, 5.74) is 0. The van der Waals surface area contributed by atoms with Gasteiger partial charge in [-0.05, 0) is 45.4 Å². The summed E-state index contributed by atoms with van der Waals surface area (Å²) in [4.78, 5) is 0. The molecule has 0 radical (unpaired) electrons. The highest BCUT2D eigenvalue weighted by molar-refractivity contribution is 6.61. The fourth-order valence-corrected chi connectivity index (χ4v) is 9.51. The molecular formula is C14H30O3Si2. The first-order valence-electron chi connectivity index (χ1n) is 8.02. The molecule has 0 bridgehead atoms. The van der Waals surface area contributed by atoms with Gasteiger partial charge in [-0.2, -0.15) is 0 Å². The van der Waals surface area contributed by atoms with E-state index in [0.29, 0.717) is 0 Å². The van der Waals surface area contributed by atoms with Crippen LogP contribution in [0.25, 0.3) is 0 Å². The van der Waals surface area contributed by atoms with Crippen LogP contribution in [0.15, 0.2) is 0 Å². The van der Waals surface area contributed by atoms with Crippen molar-refractivity contribution in [3.05, 3.63) is 0 Å². The smallest absolute Gasteiger partial charge is 0.197 e. The van der Waals surface area contributed by atoms with Gasteiger partial charge in [-0.25, -0.2) is 0 Å². The van der Waals surface area contributed by atoms with Crippen molar-refractivity contribution in [1.29, 1.82) is 0 Å². The normalized spacial score (nSPS) is 37.3. The van der Waals surface area contributed by atoms with Crippen LogP contribution in [0.5, 0.6) is 0 Å². The maximum atomic E-state index is 6.46. The standard InChI is InChI=1S/C14H30O3Si2/c1-4-17-18-13(9-5-7-11-15-13)14(19(2)3)10-6-8-12-16-14/h19H,4-12,18H2,1-3H3. The molecule has 0 aromatic carbocycles. The summed E-state index contributed by atoms with van der Waals surface area (Å²) < 4.78 is 18.8. The highest BCUT2D eigenvalue weighted by atomic mass is 28.3. The van der Waals surface area contributed by atoms with E-state index in [1.54, 1.807) is 0 Å². The average Bonchev–Trinajstić information content (AvgIpc) is 2.46. The zero-order valence-corrected chi connectivity index (χ0v) is 15.4. The zero-order valence-electron chi connectivity index (χ0n) is 12.9. The van der Waals surface area contributed by atoms with Gasteiger partial charge in [0.1, 0.15) is 5.22 Å². The molecule has 2 atom stereocenters. The first-order valence-corrected chi connectivity index (χ1v) is 12.2. The third-order valence-electron chi connectivity index (χ3n) is 4.90. The van der Waals surface area contributed by atoms with Crippen molar-refractivity contribution in [2.24, 2.45) is 0 Å². The van der Waals surface area contributed by atoms with E-state index in [4.69, 9.17) is 13.9 Å². The van der Waals surface area contributed by atoms with Crippen LogP contribution in [0.4, 0.5) is 0 Å². The molecule has 2 saturated heterocycles. The molecule has 2 fully saturated rings. The van der Waals surface area contributed by atoms with Crippen molar-refractivity contribution in [2.75, 3.05) is 19.8 Å². The fraction of sp³-hybridized carbons (Fsp3) is 1.00. The molecule has 0 aromatic rings. The molecule has 0 N–H and O–H groups in total. The fourth-order valence-electron chi connectivity index (χ4n) is 3.85. The minimum atomic E-state index is -0.963. The van der Waals surface area contributed by atoms with Gasteiger partial charge in [-0.3, -0.25) is 0 Å². The monoisotopic (exact) mass is 302 g/mol. The molecule has 112 valence electrons. The Hall–Kier alpha value is 0.314. The predicted octanol–water partition coefficient (Wildman–Crippen LogP) is 1.97. The van der Waals surface area contributed by atoms with E-state index in [1.807, 2.05) is 0 Å². The molecule has 3 nitrogen and oxygen atoms in total. The molecule has 0 aliphatic carbocycles. The number of hydrogen-bond donors (Lipinski definition) is 0. The molecule has 0 amide bonds. The van der Waals surface area contributed by atoms with Crippen LogP contribution in [-0.2, 0) is 13.9 Å². The van der Waals surface area contributed by atoms with Gasteiger partial charge in [0.2, 0.25) is 0 Å². The van der Waals surface area contributed by atoms with Gasteiger partial charge in [-0.1, -0.05) is 13.1 Å². The summed E-state index contributed by atoms with van der Waals surface area (Å²) in [6.45, 7) is 9.64. The molecule has 2 rings (SSSR count). The van der Waals surface area contributed by atoms with Gasteiger partial charge < -0.3 is 13.9 Å². The van der Waals surface area contributed by atoms with Crippen LogP contribution in [-0.4, -0.2) is 48.8 Å². The largest absolute Gasteiger partial charge is 0.421 e. The molecule has 2 aliphatic heterocycles. The second-order valence-electron chi connectivity index (χ2n) is 6.29. The Morgan fingerprint density at radius 2 is 1.74 bits per heavy atom. The van der Waals surface area contributed by atoms with Crippen LogP contribution < -0.4 is 0 Å². The Morgan fingerprint density at radius 1 is 1.05 bits per heavy atom. The third kappa shape index (κ3) is 3.00. The summed E-state index contributed by atoms with van der Waals surface area (Å²) in [5.74, 6) is 0. The Balaban J connectivity index is 2.26. The average molecular weight is 303 g/mol. The summed E-state index contributed by atoms with van der Waals surface area (Å²) >= 11 is 0. The number of rotatable bonds is 5. The second kappa shape index (κ2) is 6.85. The molecule has 5 heteroatoms. The lowest BCUT2D eigenvalue weighted by Gasteiger charge is -2.55. The Labute approximate surface area is 121 Å². The van der Waals surface area contributed by atoms with Crippen molar-refractivity contribution in [2.45, 2.75) is 69.0 Å². The summed E-state index contributed by atoms with van der Waals surface area (Å²) in [7, 11) is -1.66. The van der Waals surface area contributed by atoms with E-state index in [2.05, 4.69) is 20.0 Å². The van der Waals surface area contributed by atoms with Crippen LogP contribution in [0.3, 0.4) is 0 Å². The summed E-state index contributed by atoms with van der Waals surface area (Å²) in [5, 5.41) is 0.0229. The Bertz CT molecular complexity index is 272. The van der Waals surface area contributed by atoms with Crippen LogP contribution >= 0.6 is 0 Å². The summed E-state index contributed by atoms with van der Waals surface area (Å²) in [6, 6.07) is 0. The van der Waals surface area contributed by atoms with E-state index in [0.717, 1.165) is 19.8 Å². The van der Waals surface area contributed by atoms with E-state index >= 15 is 0 Å². The van der Waals surface area contributed by atoms with Gasteiger partial charge in [0.15, 0.2) is 9.76 Å². The second-order valence-corrected chi connectivity index (χ2v) is 11.4. The maximum absolute atomic E-state index is 6.46. The SMILES string of the molecule is CCO[SiH2]C1(C2([SiH](C)C)CCCCO2)CCCCO1. The molecular weight excluding hydrogens is 272 g/mol. The first kappa shape index (κ1) is 15.7. The van der Waals surface area contributed by atoms with Gasteiger partial charge in [0.05, 0.1) is 14.0 Å². The number of ether oxygens (including phenoxy) is 2. The predicted molar refractivity (Wildman–Crippen MR) is 84.1 cm³/mol. The number of hydrogen-bond acceptors (Lipinski definition) is 3. The van der Waals surface area contributed by atoms with E-state index in [1.165, 1.54) is 38.5 Å². The van der Waals surface area contributed by atoms with Gasteiger partial charge in [0.25, 0.3) is 0 Å². The van der Waals surface area contributed by atoms with Gasteiger partial charge in [-0.15, -0.1) is 0 Å². The highest BCUT2D eigenvalue weighted by Crippen LogP contribution is 2.44. The molecule has 2 aliphatic rings. The van der Waals surface area contributed by atoms with Crippen molar-refractivity contribution >= 4 is 18.6 Å². The van der Waals surface area contributed by atoms with Crippen molar-refractivity contribution in [3.63, 3.8) is 0 Å². The van der Waals surface area contributed by atoms with E-state index < -0.39 is 18.6 Å². The van der Waals surface area contributed by atoms with Crippen molar-refractivity contribution in [3.8, 4) is 0 Å². The lowest BCUT2D eigenvalue weighted by Crippen LogP contribution is -2.69. The van der Waals surface area contributed by atoms with Crippen molar-refractivity contribution < 1.29 is 13.9 Å². The van der Waals surface area contributed by atoms with Crippen LogP contribution in [0.2, 0.25) is 13.1 Å². The zero-order chi connectivity index (χ0) is 13.8. The lowest BCUT2D eigenvalue weighted by atomic mass is 9.96. The molecule has 2 heterocycles. The van der Waals surface area contributed by atoms with E-state index in [-0.39, 0.29) is 10.4 Å². The van der Waals surface area contributed by atoms with Gasteiger partial charge >= 0.3 is 0 Å². The maximum Gasteiger partial charge on any atom is 0.197 e. The Kier molecular flexibility index (Phi) is 5.66. The molecule has 0 saturated carbocycles. The minimum Gasteiger partial charge on any atom is -0.421 e. The molecule has 0 spiro atoms. The van der Waals surface area contributed by atoms with Crippen LogP contribution in [0, 0.1) is 0 Å². The first-order chi connectivity index (χ1) is 9.17. The quantitative estimate of drug-likeness (QED) is 0.727. The van der Waals surface area contributed by atoms with Crippen molar-refractivity contribution in [1.82, 2.24) is 0 Å². The summed E-state index contributed by atoms with van der Waals surface area (Å²) in [6.07, 6.45) is 7.39. The molecule has 0 aromatic heterocycles. The van der Waals surface area contributed by atoms with Crippen LogP contribution in [0.1, 0.15) is 45.4 Å². The van der Waals surface area contributed by atoms with Gasteiger partial charge in [0, 0.05) is 19.8 Å².